The number of nitrogens with one attached hydrogen (secondary N) is 1. The van der Waals surface area contributed by atoms with Gasteiger partial charge in [0.15, 0.2) is 0 Å². The Labute approximate surface area is 208 Å². The number of ether oxygens (including phenoxy) is 1. The fourth-order valence-electron chi connectivity index (χ4n) is 3.52. The standard InChI is InChI=1S/C26H27F3N2O4S/c1-19-11-13-24(14-12-19)36(33,34)31(22-9-4-8-21(17-22)26(27,28)29)18-25(32)30-15-5-7-20-6-3-10-23(16-20)35-2/h3-4,6,8-14,16-17H,5,7,15,18H2,1-2H3,(H,30,32). The molecule has 6 nitrogen and oxygen atoms in total. The number of carbonyl (C=O) groups excluding carboxylic acids is 1. The third-order valence-corrected chi connectivity index (χ3v) is 7.24. The Morgan fingerprint density at radius 2 is 1.69 bits per heavy atom. The largest absolute Gasteiger partial charge is 0.497 e. The van der Waals surface area contributed by atoms with Gasteiger partial charge in [0.1, 0.15) is 12.3 Å². The third-order valence-electron chi connectivity index (χ3n) is 5.46. The molecule has 0 aliphatic carbocycles. The van der Waals surface area contributed by atoms with Gasteiger partial charge in [0.05, 0.1) is 23.3 Å². The molecule has 192 valence electrons. The highest BCUT2D eigenvalue weighted by Gasteiger charge is 2.33. The number of halogens is 3. The van der Waals surface area contributed by atoms with Crippen molar-refractivity contribution < 1.29 is 31.1 Å². The van der Waals surface area contributed by atoms with Gasteiger partial charge in [-0.3, -0.25) is 9.10 Å². The van der Waals surface area contributed by atoms with Crippen LogP contribution in [0.5, 0.6) is 5.75 Å². The molecule has 0 heterocycles. The Morgan fingerprint density at radius 3 is 2.36 bits per heavy atom. The lowest BCUT2D eigenvalue weighted by Gasteiger charge is -2.25. The molecule has 0 bridgehead atoms. The molecule has 0 fully saturated rings. The Balaban J connectivity index is 1.77. The molecule has 1 N–H and O–H groups in total. The maximum absolute atomic E-state index is 13.4. The average molecular weight is 521 g/mol. The maximum atomic E-state index is 13.4. The second-order valence-corrected chi connectivity index (χ2v) is 10.0. The number of benzene rings is 3. The minimum absolute atomic E-state index is 0.128. The molecule has 0 atom stereocenters. The van der Waals surface area contributed by atoms with Gasteiger partial charge in [0.25, 0.3) is 10.0 Å². The number of sulfonamides is 1. The van der Waals surface area contributed by atoms with E-state index >= 15 is 0 Å². The van der Waals surface area contributed by atoms with Gasteiger partial charge in [0, 0.05) is 6.54 Å². The fraction of sp³-hybridized carbons (Fsp3) is 0.269. The summed E-state index contributed by atoms with van der Waals surface area (Å²) in [6.07, 6.45) is -3.44. The van der Waals surface area contributed by atoms with Gasteiger partial charge in [-0.25, -0.2) is 8.42 Å². The van der Waals surface area contributed by atoms with Gasteiger partial charge >= 0.3 is 6.18 Å². The minimum atomic E-state index is -4.67. The first-order chi connectivity index (χ1) is 17.0. The van der Waals surface area contributed by atoms with E-state index in [1.165, 1.54) is 18.2 Å². The van der Waals surface area contributed by atoms with Crippen molar-refractivity contribution in [3.8, 4) is 5.75 Å². The highest BCUT2D eigenvalue weighted by Crippen LogP contribution is 2.33. The van der Waals surface area contributed by atoms with Gasteiger partial charge in [-0.1, -0.05) is 35.9 Å². The third kappa shape index (κ3) is 7.00. The first kappa shape index (κ1) is 27.1. The van der Waals surface area contributed by atoms with Crippen LogP contribution in [0.3, 0.4) is 0 Å². The number of rotatable bonds is 10. The topological polar surface area (TPSA) is 75.7 Å². The van der Waals surface area contributed by atoms with E-state index in [1.807, 2.05) is 24.3 Å². The molecule has 0 unspecified atom stereocenters. The van der Waals surface area contributed by atoms with Crippen molar-refractivity contribution in [1.29, 1.82) is 0 Å². The number of methoxy groups -OCH3 is 1. The number of nitrogens with zero attached hydrogens (tertiary/aromatic N) is 1. The minimum Gasteiger partial charge on any atom is -0.497 e. The predicted octanol–water partition coefficient (Wildman–Crippen LogP) is 4.97. The van der Waals surface area contributed by atoms with E-state index in [9.17, 15) is 26.4 Å². The van der Waals surface area contributed by atoms with E-state index in [0.717, 1.165) is 35.1 Å². The number of anilines is 1. The van der Waals surface area contributed by atoms with Crippen LogP contribution in [-0.4, -0.2) is 34.5 Å². The lowest BCUT2D eigenvalue weighted by Crippen LogP contribution is -2.41. The molecule has 0 aliphatic heterocycles. The molecule has 0 spiro atoms. The number of amides is 1. The van der Waals surface area contributed by atoms with Gasteiger partial charge in [-0.05, 0) is 67.8 Å². The molecule has 0 saturated heterocycles. The van der Waals surface area contributed by atoms with Crippen LogP contribution < -0.4 is 14.4 Å². The zero-order valence-electron chi connectivity index (χ0n) is 19.9. The number of carbonyl (C=O) groups is 1. The molecule has 0 aromatic heterocycles. The Hall–Kier alpha value is -3.53. The summed E-state index contributed by atoms with van der Waals surface area (Å²) >= 11 is 0. The Morgan fingerprint density at radius 1 is 1.00 bits per heavy atom. The molecule has 0 aliphatic rings. The summed E-state index contributed by atoms with van der Waals surface area (Å²) < 4.78 is 72.5. The van der Waals surface area contributed by atoms with E-state index in [2.05, 4.69) is 5.32 Å². The van der Waals surface area contributed by atoms with Crippen molar-refractivity contribution in [2.75, 3.05) is 24.5 Å². The lowest BCUT2D eigenvalue weighted by molar-refractivity contribution is -0.137. The predicted molar refractivity (Wildman–Crippen MR) is 131 cm³/mol. The number of hydrogen-bond acceptors (Lipinski definition) is 4. The van der Waals surface area contributed by atoms with Crippen LogP contribution in [0.4, 0.5) is 18.9 Å². The summed E-state index contributed by atoms with van der Waals surface area (Å²) in [6, 6.07) is 17.3. The first-order valence-electron chi connectivity index (χ1n) is 11.2. The van der Waals surface area contributed by atoms with Gasteiger partial charge < -0.3 is 10.1 Å². The number of hydrogen-bond donors (Lipinski definition) is 1. The summed E-state index contributed by atoms with van der Waals surface area (Å²) in [4.78, 5) is 12.6. The number of alkyl halides is 3. The van der Waals surface area contributed by atoms with Crippen LogP contribution >= 0.6 is 0 Å². The second-order valence-electron chi connectivity index (χ2n) is 8.18. The first-order valence-corrected chi connectivity index (χ1v) is 12.6. The summed E-state index contributed by atoms with van der Waals surface area (Å²) in [5.74, 6) is 0.0864. The monoisotopic (exact) mass is 520 g/mol. The smallest absolute Gasteiger partial charge is 0.416 e. The van der Waals surface area contributed by atoms with Gasteiger partial charge in [-0.15, -0.1) is 0 Å². The number of aryl methyl sites for hydroxylation is 2. The normalized spacial score (nSPS) is 11.7. The SMILES string of the molecule is COc1cccc(CCCNC(=O)CN(c2cccc(C(F)(F)F)c2)S(=O)(=O)c2ccc(C)cc2)c1. The zero-order valence-corrected chi connectivity index (χ0v) is 20.7. The van der Waals surface area contributed by atoms with Crippen molar-refractivity contribution >= 4 is 21.6 Å². The highest BCUT2D eigenvalue weighted by atomic mass is 32.2. The van der Waals surface area contributed by atoms with Crippen LogP contribution in [0.15, 0.2) is 77.7 Å². The average Bonchev–Trinajstić information content (AvgIpc) is 2.85. The molecule has 36 heavy (non-hydrogen) atoms. The molecule has 3 rings (SSSR count). The van der Waals surface area contributed by atoms with Crippen LogP contribution in [0.2, 0.25) is 0 Å². The molecule has 3 aromatic carbocycles. The lowest BCUT2D eigenvalue weighted by atomic mass is 10.1. The molecule has 0 radical (unpaired) electrons. The van der Waals surface area contributed by atoms with Crippen molar-refractivity contribution in [3.05, 3.63) is 89.5 Å². The second kappa shape index (κ2) is 11.5. The summed E-state index contributed by atoms with van der Waals surface area (Å²) in [7, 11) is -2.75. The van der Waals surface area contributed by atoms with E-state index in [1.54, 1.807) is 26.2 Å². The van der Waals surface area contributed by atoms with Crippen LogP contribution in [0.25, 0.3) is 0 Å². The molecular formula is C26H27F3N2O4S. The molecule has 3 aromatic rings. The van der Waals surface area contributed by atoms with E-state index in [4.69, 9.17) is 4.74 Å². The van der Waals surface area contributed by atoms with Crippen LogP contribution in [0.1, 0.15) is 23.1 Å². The van der Waals surface area contributed by atoms with Crippen molar-refractivity contribution in [1.82, 2.24) is 5.32 Å². The van der Waals surface area contributed by atoms with Gasteiger partial charge in [-0.2, -0.15) is 13.2 Å². The molecule has 0 saturated carbocycles. The maximum Gasteiger partial charge on any atom is 0.416 e. The van der Waals surface area contributed by atoms with Crippen molar-refractivity contribution in [3.63, 3.8) is 0 Å². The van der Waals surface area contributed by atoms with Crippen molar-refractivity contribution in [2.24, 2.45) is 0 Å². The van der Waals surface area contributed by atoms with Crippen LogP contribution in [-0.2, 0) is 27.4 Å². The quantitative estimate of drug-likeness (QED) is 0.383. The van der Waals surface area contributed by atoms with Crippen LogP contribution in [0, 0.1) is 6.92 Å². The summed E-state index contributed by atoms with van der Waals surface area (Å²) in [5.41, 5.74) is 0.559. The van der Waals surface area contributed by atoms with E-state index < -0.39 is 34.2 Å². The molecular weight excluding hydrogens is 493 g/mol. The molecule has 1 amide bonds. The van der Waals surface area contributed by atoms with E-state index in [0.29, 0.717) is 17.1 Å². The fourth-order valence-corrected chi connectivity index (χ4v) is 4.94. The zero-order chi connectivity index (χ0) is 26.3. The molecule has 10 heteroatoms. The summed E-state index contributed by atoms with van der Waals surface area (Å²) in [6.45, 7) is 1.37. The highest BCUT2D eigenvalue weighted by molar-refractivity contribution is 7.92. The van der Waals surface area contributed by atoms with E-state index in [-0.39, 0.29) is 17.1 Å². The Kier molecular flexibility index (Phi) is 8.62. The van der Waals surface area contributed by atoms with Crippen molar-refractivity contribution in [2.45, 2.75) is 30.8 Å². The Bertz CT molecular complexity index is 1290. The van der Waals surface area contributed by atoms with Gasteiger partial charge in [0.2, 0.25) is 5.91 Å². The summed E-state index contributed by atoms with van der Waals surface area (Å²) in [5, 5.41) is 2.66.